The Morgan fingerprint density at radius 3 is 3.00 bits per heavy atom. The van der Waals surface area contributed by atoms with E-state index >= 15 is 0 Å². The van der Waals surface area contributed by atoms with Gasteiger partial charge in [-0.2, -0.15) is 0 Å². The predicted octanol–water partition coefficient (Wildman–Crippen LogP) is 2.37. The largest absolute Gasteiger partial charge is 0.329 e. The summed E-state index contributed by atoms with van der Waals surface area (Å²) in [7, 11) is 0. The minimum absolute atomic E-state index is 0.437. The summed E-state index contributed by atoms with van der Waals surface area (Å²) in [6, 6.07) is 2.12. The second-order valence-corrected chi connectivity index (χ2v) is 3.74. The van der Waals surface area contributed by atoms with E-state index < -0.39 is 0 Å². The summed E-state index contributed by atoms with van der Waals surface area (Å²) in [6.45, 7) is 2.81. The van der Waals surface area contributed by atoms with Crippen LogP contribution in [0.3, 0.4) is 0 Å². The average molecular weight is 222 g/mol. The highest BCUT2D eigenvalue weighted by molar-refractivity contribution is 6.16. The van der Waals surface area contributed by atoms with Crippen molar-refractivity contribution in [3.8, 4) is 0 Å². The fourth-order valence-corrected chi connectivity index (χ4v) is 1.74. The average Bonchev–Trinajstić information content (AvgIpc) is 2.65. The molecule has 78 valence electrons. The Bertz CT molecular complexity index is 451. The van der Waals surface area contributed by atoms with Gasteiger partial charge in [-0.15, -0.1) is 11.6 Å². The van der Waals surface area contributed by atoms with Crippen LogP contribution < -0.4 is 0 Å². The van der Waals surface area contributed by atoms with Gasteiger partial charge in [-0.25, -0.2) is 4.98 Å². The summed E-state index contributed by atoms with van der Waals surface area (Å²) in [6.07, 6.45) is 7.41. The van der Waals surface area contributed by atoms with Crippen molar-refractivity contribution in [1.82, 2.24) is 14.5 Å². The van der Waals surface area contributed by atoms with Gasteiger partial charge in [0.1, 0.15) is 5.82 Å². The normalized spacial score (nSPS) is 10.5. The lowest BCUT2D eigenvalue weighted by Crippen LogP contribution is -2.03. The number of nitrogens with zero attached hydrogens (tertiary/aromatic N) is 3. The molecule has 0 saturated carbocycles. The number of hydrogen-bond acceptors (Lipinski definition) is 2. The van der Waals surface area contributed by atoms with E-state index in [0.717, 1.165) is 12.4 Å². The van der Waals surface area contributed by atoms with Crippen molar-refractivity contribution in [2.45, 2.75) is 19.3 Å². The fraction of sp³-hybridized carbons (Fsp3) is 0.273. The highest BCUT2D eigenvalue weighted by Gasteiger charge is 2.02. The summed E-state index contributed by atoms with van der Waals surface area (Å²) in [5.74, 6) is 1.32. The molecular weight excluding hydrogens is 210 g/mol. The molecule has 2 aromatic rings. The zero-order chi connectivity index (χ0) is 10.7. The Morgan fingerprint density at radius 2 is 2.27 bits per heavy atom. The van der Waals surface area contributed by atoms with Crippen LogP contribution >= 0.6 is 11.6 Å². The third-order valence-electron chi connectivity index (χ3n) is 2.21. The van der Waals surface area contributed by atoms with Crippen LogP contribution in [0.1, 0.15) is 17.0 Å². The van der Waals surface area contributed by atoms with Crippen molar-refractivity contribution in [2.24, 2.45) is 0 Å². The summed E-state index contributed by atoms with van der Waals surface area (Å²) >= 11 is 5.77. The van der Waals surface area contributed by atoms with Crippen LogP contribution in [0.15, 0.2) is 30.9 Å². The molecule has 4 heteroatoms. The van der Waals surface area contributed by atoms with Gasteiger partial charge >= 0.3 is 0 Å². The molecule has 0 unspecified atom stereocenters. The highest BCUT2D eigenvalue weighted by atomic mass is 35.5. The van der Waals surface area contributed by atoms with E-state index in [-0.39, 0.29) is 0 Å². The van der Waals surface area contributed by atoms with E-state index in [2.05, 4.69) is 16.0 Å². The minimum atomic E-state index is 0.437. The van der Waals surface area contributed by atoms with E-state index in [1.54, 1.807) is 6.20 Å². The monoisotopic (exact) mass is 221 g/mol. The smallest absolute Gasteiger partial charge is 0.123 e. The van der Waals surface area contributed by atoms with E-state index in [1.807, 2.05) is 30.1 Å². The number of aryl methyl sites for hydroxylation is 1. The topological polar surface area (TPSA) is 30.7 Å². The first kappa shape index (κ1) is 10.2. The first-order chi connectivity index (χ1) is 7.29. The number of pyridine rings is 1. The second-order valence-electron chi connectivity index (χ2n) is 3.48. The molecule has 0 spiro atoms. The van der Waals surface area contributed by atoms with Gasteiger partial charge < -0.3 is 4.57 Å². The fourth-order valence-electron chi connectivity index (χ4n) is 1.52. The van der Waals surface area contributed by atoms with Crippen molar-refractivity contribution >= 4 is 11.6 Å². The molecule has 0 saturated heterocycles. The maximum atomic E-state index is 5.77. The number of halogens is 1. The van der Waals surface area contributed by atoms with Gasteiger partial charge in [0.05, 0.1) is 12.4 Å². The van der Waals surface area contributed by atoms with Crippen molar-refractivity contribution in [2.75, 3.05) is 0 Å². The third-order valence-corrected chi connectivity index (χ3v) is 2.44. The van der Waals surface area contributed by atoms with Crippen LogP contribution in [0.5, 0.6) is 0 Å². The zero-order valence-corrected chi connectivity index (χ0v) is 9.28. The molecule has 0 fully saturated rings. The lowest BCUT2D eigenvalue weighted by atomic mass is 10.2. The van der Waals surface area contributed by atoms with Gasteiger partial charge in [0.2, 0.25) is 0 Å². The SMILES string of the molecule is Cc1cncc(Cn2ccnc2CCl)c1. The van der Waals surface area contributed by atoms with E-state index in [9.17, 15) is 0 Å². The molecule has 2 aromatic heterocycles. The Balaban J connectivity index is 2.22. The number of imidazole rings is 1. The lowest BCUT2D eigenvalue weighted by Gasteiger charge is -2.06. The molecule has 0 bridgehead atoms. The Hall–Kier alpha value is -1.35. The number of rotatable bonds is 3. The first-order valence-corrected chi connectivity index (χ1v) is 5.29. The van der Waals surface area contributed by atoms with E-state index in [1.165, 1.54) is 11.1 Å². The maximum Gasteiger partial charge on any atom is 0.123 e. The summed E-state index contributed by atoms with van der Waals surface area (Å²) in [5, 5.41) is 0. The third kappa shape index (κ3) is 2.36. The predicted molar refractivity (Wildman–Crippen MR) is 59.9 cm³/mol. The van der Waals surface area contributed by atoms with Crippen LogP contribution in [0.25, 0.3) is 0 Å². The van der Waals surface area contributed by atoms with Crippen molar-refractivity contribution < 1.29 is 0 Å². The van der Waals surface area contributed by atoms with Crippen LogP contribution in [0, 0.1) is 6.92 Å². The number of alkyl halides is 1. The molecule has 0 aliphatic carbocycles. The molecule has 2 rings (SSSR count). The standard InChI is InChI=1S/C11H12ClN3/c1-9-4-10(7-13-6-9)8-15-3-2-14-11(15)5-12/h2-4,6-7H,5,8H2,1H3. The molecule has 3 nitrogen and oxygen atoms in total. The Labute approximate surface area is 93.7 Å². The molecule has 0 aromatic carbocycles. The summed E-state index contributed by atoms with van der Waals surface area (Å²) < 4.78 is 2.03. The molecule has 0 atom stereocenters. The molecule has 0 aliphatic rings. The quantitative estimate of drug-likeness (QED) is 0.746. The molecule has 0 aliphatic heterocycles. The van der Waals surface area contributed by atoms with Gasteiger partial charge in [-0.3, -0.25) is 4.98 Å². The molecular formula is C11H12ClN3. The second kappa shape index (κ2) is 4.45. The Morgan fingerprint density at radius 1 is 1.40 bits per heavy atom. The molecule has 15 heavy (non-hydrogen) atoms. The van der Waals surface area contributed by atoms with Crippen molar-refractivity contribution in [3.05, 3.63) is 47.8 Å². The first-order valence-electron chi connectivity index (χ1n) is 4.76. The minimum Gasteiger partial charge on any atom is -0.329 e. The van der Waals surface area contributed by atoms with Gasteiger partial charge in [0.15, 0.2) is 0 Å². The van der Waals surface area contributed by atoms with Crippen molar-refractivity contribution in [3.63, 3.8) is 0 Å². The molecule has 0 amide bonds. The van der Waals surface area contributed by atoms with E-state index in [0.29, 0.717) is 5.88 Å². The lowest BCUT2D eigenvalue weighted by molar-refractivity contribution is 0.751. The van der Waals surface area contributed by atoms with Gasteiger partial charge in [-0.05, 0) is 18.1 Å². The van der Waals surface area contributed by atoms with Gasteiger partial charge in [-0.1, -0.05) is 6.07 Å². The molecule has 2 heterocycles. The highest BCUT2D eigenvalue weighted by Crippen LogP contribution is 2.07. The summed E-state index contributed by atoms with van der Waals surface area (Å²) in [5.41, 5.74) is 2.33. The van der Waals surface area contributed by atoms with Crippen LogP contribution in [0.2, 0.25) is 0 Å². The van der Waals surface area contributed by atoms with Crippen molar-refractivity contribution in [1.29, 1.82) is 0 Å². The molecule has 0 N–H and O–H groups in total. The van der Waals surface area contributed by atoms with Gasteiger partial charge in [0, 0.05) is 24.8 Å². The molecule has 0 radical (unpaired) electrons. The van der Waals surface area contributed by atoms with Crippen LogP contribution in [-0.2, 0) is 12.4 Å². The zero-order valence-electron chi connectivity index (χ0n) is 8.52. The summed E-state index contributed by atoms with van der Waals surface area (Å²) in [4.78, 5) is 8.32. The van der Waals surface area contributed by atoms with Crippen LogP contribution in [0.4, 0.5) is 0 Å². The number of aromatic nitrogens is 3. The maximum absolute atomic E-state index is 5.77. The van der Waals surface area contributed by atoms with E-state index in [4.69, 9.17) is 11.6 Å². The van der Waals surface area contributed by atoms with Gasteiger partial charge in [0.25, 0.3) is 0 Å². The van der Waals surface area contributed by atoms with Crippen LogP contribution in [-0.4, -0.2) is 14.5 Å². The number of hydrogen-bond donors (Lipinski definition) is 0. The Kier molecular flexibility index (Phi) is 3.02.